The summed E-state index contributed by atoms with van der Waals surface area (Å²) in [6.45, 7) is 5.17. The molecule has 0 fully saturated rings. The number of methoxy groups -OCH3 is 1. The normalized spacial score (nSPS) is 10.7. The molecular formula is C16H23N5O3S. The van der Waals surface area contributed by atoms with E-state index in [9.17, 15) is 4.79 Å². The number of nitrogens with one attached hydrogen (secondary N) is 1. The molecule has 9 heteroatoms. The Morgan fingerprint density at radius 2 is 2.16 bits per heavy atom. The smallest absolute Gasteiger partial charge is 0.230 e. The highest BCUT2D eigenvalue weighted by Crippen LogP contribution is 2.20. The van der Waals surface area contributed by atoms with Gasteiger partial charge in [0.15, 0.2) is 5.82 Å². The molecule has 1 heterocycles. The maximum Gasteiger partial charge on any atom is 0.230 e. The molecule has 2 aromatic rings. The first-order chi connectivity index (χ1) is 12.0. The summed E-state index contributed by atoms with van der Waals surface area (Å²) in [5.41, 5.74) is 2.22. The Hall–Kier alpha value is -2.26. The van der Waals surface area contributed by atoms with Crippen LogP contribution in [0, 0.1) is 13.8 Å². The van der Waals surface area contributed by atoms with Gasteiger partial charge < -0.3 is 20.6 Å². The molecule has 1 aromatic carbocycles. The van der Waals surface area contributed by atoms with Crippen LogP contribution in [0.3, 0.4) is 0 Å². The van der Waals surface area contributed by atoms with E-state index in [4.69, 9.17) is 15.3 Å². The van der Waals surface area contributed by atoms with Gasteiger partial charge in [-0.2, -0.15) is 0 Å². The lowest BCUT2D eigenvalue weighted by Gasteiger charge is -2.09. The third-order valence-electron chi connectivity index (χ3n) is 3.38. The molecule has 2 rings (SSSR count). The predicted molar refractivity (Wildman–Crippen MR) is 96.0 cm³/mol. The summed E-state index contributed by atoms with van der Waals surface area (Å²) < 4.78 is 12.0. The van der Waals surface area contributed by atoms with Crippen molar-refractivity contribution in [2.24, 2.45) is 0 Å². The number of carbonyl (C=O) groups is 1. The third kappa shape index (κ3) is 5.64. The van der Waals surface area contributed by atoms with Crippen molar-refractivity contribution in [3.8, 4) is 5.75 Å². The molecule has 0 atom stereocenters. The van der Waals surface area contributed by atoms with Crippen molar-refractivity contribution >= 4 is 17.7 Å². The first kappa shape index (κ1) is 19.1. The molecule has 1 aromatic heterocycles. The quantitative estimate of drug-likeness (QED) is 0.389. The van der Waals surface area contributed by atoms with Crippen molar-refractivity contribution in [2.45, 2.75) is 25.6 Å². The molecule has 0 aliphatic carbocycles. The maximum atomic E-state index is 11.7. The fourth-order valence-corrected chi connectivity index (χ4v) is 2.79. The van der Waals surface area contributed by atoms with Gasteiger partial charge in [-0.25, -0.2) is 4.68 Å². The van der Waals surface area contributed by atoms with Gasteiger partial charge in [0.25, 0.3) is 0 Å². The van der Waals surface area contributed by atoms with Crippen molar-refractivity contribution in [1.29, 1.82) is 0 Å². The minimum absolute atomic E-state index is 0.113. The Kier molecular flexibility index (Phi) is 7.08. The monoisotopic (exact) mass is 365 g/mol. The second kappa shape index (κ2) is 9.28. The van der Waals surface area contributed by atoms with Crippen LogP contribution in [0.5, 0.6) is 5.75 Å². The van der Waals surface area contributed by atoms with Gasteiger partial charge in [0.2, 0.25) is 11.1 Å². The molecule has 25 heavy (non-hydrogen) atoms. The van der Waals surface area contributed by atoms with Crippen LogP contribution in [0.4, 0.5) is 0 Å². The topological polar surface area (TPSA) is 104 Å². The number of hydrogen-bond acceptors (Lipinski definition) is 7. The standard InChI is InChI=1S/C16H23N5O3S/c1-11-4-5-13(12(2)8-11)24-9-14-19-20-16(21(14)17)25-10-15(22)18-6-7-23-3/h4-5,8H,6-7,9-10,17H2,1-3H3,(H,18,22). The van der Waals surface area contributed by atoms with Crippen LogP contribution < -0.4 is 15.9 Å². The predicted octanol–water partition coefficient (Wildman–Crippen LogP) is 1.04. The number of thioether (sulfide) groups is 1. The second-order valence-corrected chi connectivity index (χ2v) is 6.40. The number of amides is 1. The average molecular weight is 365 g/mol. The molecule has 0 saturated carbocycles. The first-order valence-electron chi connectivity index (χ1n) is 7.79. The number of hydrogen-bond donors (Lipinski definition) is 2. The first-order valence-corrected chi connectivity index (χ1v) is 8.77. The van der Waals surface area contributed by atoms with E-state index in [1.807, 2.05) is 32.0 Å². The minimum atomic E-state index is -0.113. The Labute approximate surface area is 151 Å². The lowest BCUT2D eigenvalue weighted by molar-refractivity contribution is -0.118. The van der Waals surface area contributed by atoms with Crippen LogP contribution in [0.15, 0.2) is 23.4 Å². The fourth-order valence-electron chi connectivity index (χ4n) is 2.08. The molecular weight excluding hydrogens is 342 g/mol. The van der Waals surface area contributed by atoms with E-state index in [-0.39, 0.29) is 18.3 Å². The van der Waals surface area contributed by atoms with Gasteiger partial charge in [0.1, 0.15) is 12.4 Å². The number of rotatable bonds is 9. The van der Waals surface area contributed by atoms with Gasteiger partial charge in [-0.3, -0.25) is 4.79 Å². The van der Waals surface area contributed by atoms with Crippen molar-refractivity contribution < 1.29 is 14.3 Å². The van der Waals surface area contributed by atoms with E-state index in [0.29, 0.717) is 24.1 Å². The summed E-state index contributed by atoms with van der Waals surface area (Å²) in [5, 5.41) is 11.2. The Bertz CT molecular complexity index is 720. The van der Waals surface area contributed by atoms with Gasteiger partial charge in [-0.15, -0.1) is 10.2 Å². The Morgan fingerprint density at radius 1 is 1.36 bits per heavy atom. The highest BCUT2D eigenvalue weighted by molar-refractivity contribution is 7.99. The number of nitrogens with zero attached hydrogens (tertiary/aromatic N) is 3. The number of aryl methyl sites for hydroxylation is 2. The summed E-state index contributed by atoms with van der Waals surface area (Å²) in [6.07, 6.45) is 0. The Morgan fingerprint density at radius 3 is 2.88 bits per heavy atom. The number of nitrogen functional groups attached to an aromatic ring is 1. The van der Waals surface area contributed by atoms with Crippen LogP contribution in [0.1, 0.15) is 17.0 Å². The molecule has 0 spiro atoms. The van der Waals surface area contributed by atoms with Crippen LogP contribution >= 0.6 is 11.8 Å². The average Bonchev–Trinajstić information content (AvgIpc) is 2.92. The largest absolute Gasteiger partial charge is 0.485 e. The summed E-state index contributed by atoms with van der Waals surface area (Å²) in [7, 11) is 1.58. The highest BCUT2D eigenvalue weighted by atomic mass is 32.2. The van der Waals surface area contributed by atoms with Gasteiger partial charge >= 0.3 is 0 Å². The van der Waals surface area contributed by atoms with E-state index >= 15 is 0 Å². The van der Waals surface area contributed by atoms with E-state index < -0.39 is 0 Å². The number of benzene rings is 1. The Balaban J connectivity index is 1.86. The molecule has 1 amide bonds. The molecule has 136 valence electrons. The van der Waals surface area contributed by atoms with Crippen molar-refractivity contribution in [1.82, 2.24) is 20.2 Å². The molecule has 0 bridgehead atoms. The minimum Gasteiger partial charge on any atom is -0.485 e. The third-order valence-corrected chi connectivity index (χ3v) is 4.33. The van der Waals surface area contributed by atoms with E-state index in [0.717, 1.165) is 11.3 Å². The zero-order valence-corrected chi connectivity index (χ0v) is 15.4. The SMILES string of the molecule is COCCNC(=O)CSc1nnc(COc2ccc(C)cc2C)n1N. The van der Waals surface area contributed by atoms with Crippen molar-refractivity contribution in [2.75, 3.05) is 31.9 Å². The van der Waals surface area contributed by atoms with Crippen molar-refractivity contribution in [3.63, 3.8) is 0 Å². The lowest BCUT2D eigenvalue weighted by atomic mass is 10.1. The van der Waals surface area contributed by atoms with Gasteiger partial charge in [-0.05, 0) is 25.5 Å². The second-order valence-electron chi connectivity index (χ2n) is 5.46. The van der Waals surface area contributed by atoms with E-state index in [1.54, 1.807) is 7.11 Å². The maximum absolute atomic E-state index is 11.7. The number of nitrogens with two attached hydrogens (primary N) is 1. The van der Waals surface area contributed by atoms with E-state index in [1.165, 1.54) is 22.0 Å². The molecule has 0 saturated heterocycles. The summed E-state index contributed by atoms with van der Waals surface area (Å²) in [4.78, 5) is 11.7. The summed E-state index contributed by atoms with van der Waals surface area (Å²) in [5.74, 6) is 7.34. The van der Waals surface area contributed by atoms with Gasteiger partial charge in [-0.1, -0.05) is 29.5 Å². The number of ether oxygens (including phenoxy) is 2. The number of carbonyl (C=O) groups excluding carboxylic acids is 1. The van der Waals surface area contributed by atoms with Crippen LogP contribution in [-0.4, -0.2) is 46.8 Å². The molecule has 0 radical (unpaired) electrons. The molecule has 8 nitrogen and oxygen atoms in total. The molecule has 0 aliphatic rings. The van der Waals surface area contributed by atoms with Gasteiger partial charge in [0, 0.05) is 13.7 Å². The summed E-state index contributed by atoms with van der Waals surface area (Å²) >= 11 is 1.22. The number of aromatic nitrogens is 3. The van der Waals surface area contributed by atoms with Crippen LogP contribution in [0.2, 0.25) is 0 Å². The summed E-state index contributed by atoms with van der Waals surface area (Å²) in [6, 6.07) is 5.95. The highest BCUT2D eigenvalue weighted by Gasteiger charge is 2.13. The van der Waals surface area contributed by atoms with Crippen LogP contribution in [-0.2, 0) is 16.1 Å². The van der Waals surface area contributed by atoms with E-state index in [2.05, 4.69) is 15.5 Å². The van der Waals surface area contributed by atoms with Crippen LogP contribution in [0.25, 0.3) is 0 Å². The van der Waals surface area contributed by atoms with Gasteiger partial charge in [0.05, 0.1) is 12.4 Å². The fraction of sp³-hybridized carbons (Fsp3) is 0.438. The zero-order valence-electron chi connectivity index (χ0n) is 14.6. The zero-order chi connectivity index (χ0) is 18.2. The molecule has 0 unspecified atom stereocenters. The lowest BCUT2D eigenvalue weighted by Crippen LogP contribution is -2.28. The molecule has 0 aliphatic heterocycles. The molecule has 3 N–H and O–H groups in total. The van der Waals surface area contributed by atoms with Crippen molar-refractivity contribution in [3.05, 3.63) is 35.2 Å².